The van der Waals surface area contributed by atoms with Crippen LogP contribution in [0.5, 0.6) is 0 Å². The Morgan fingerprint density at radius 3 is 3.00 bits per heavy atom. The topological polar surface area (TPSA) is 62.6 Å². The molecule has 0 saturated carbocycles. The molecule has 4 heterocycles. The maximum Gasteiger partial charge on any atom is 0.322 e. The molecule has 2 fully saturated rings. The Kier molecular flexibility index (Phi) is 3.90. The lowest BCUT2D eigenvalue weighted by molar-refractivity contribution is -0.0133. The number of nitrogens with one attached hydrogen (secondary N) is 1. The number of likely N-dealkylation sites (tertiary alicyclic amines) is 1. The Labute approximate surface area is 152 Å². The van der Waals surface area contributed by atoms with Gasteiger partial charge in [0.25, 0.3) is 0 Å². The molecule has 26 heavy (non-hydrogen) atoms. The van der Waals surface area contributed by atoms with Crippen LogP contribution in [-0.2, 0) is 11.2 Å². The number of carbonyl (C=O) groups is 1. The smallest absolute Gasteiger partial charge is 0.322 e. The first-order valence-corrected chi connectivity index (χ1v) is 9.29. The lowest BCUT2D eigenvalue weighted by Gasteiger charge is -2.41. The zero-order chi connectivity index (χ0) is 17.5. The maximum atomic E-state index is 11.8. The van der Waals surface area contributed by atoms with Crippen molar-refractivity contribution < 1.29 is 9.53 Å². The van der Waals surface area contributed by atoms with E-state index < -0.39 is 0 Å². The van der Waals surface area contributed by atoms with Crippen LogP contribution >= 0.6 is 0 Å². The van der Waals surface area contributed by atoms with Crippen molar-refractivity contribution in [3.63, 3.8) is 0 Å². The summed E-state index contributed by atoms with van der Waals surface area (Å²) in [4.78, 5) is 15.9. The van der Waals surface area contributed by atoms with Gasteiger partial charge in [0.1, 0.15) is 0 Å². The van der Waals surface area contributed by atoms with Crippen LogP contribution in [0.1, 0.15) is 23.3 Å². The van der Waals surface area contributed by atoms with Crippen molar-refractivity contribution in [1.29, 1.82) is 0 Å². The molecule has 0 radical (unpaired) electrons. The summed E-state index contributed by atoms with van der Waals surface area (Å²) in [5, 5.41) is 7.29. The highest BCUT2D eigenvalue weighted by Crippen LogP contribution is 2.31. The van der Waals surface area contributed by atoms with Crippen LogP contribution in [-0.4, -0.2) is 60.0 Å². The van der Waals surface area contributed by atoms with Crippen LogP contribution in [0.3, 0.4) is 0 Å². The minimum absolute atomic E-state index is 0.0344. The summed E-state index contributed by atoms with van der Waals surface area (Å²) in [5.41, 5.74) is 3.63. The van der Waals surface area contributed by atoms with Crippen molar-refractivity contribution in [1.82, 2.24) is 20.0 Å². The number of hydrogen-bond donors (Lipinski definition) is 1. The number of urea groups is 1. The van der Waals surface area contributed by atoms with Crippen molar-refractivity contribution in [3.8, 4) is 0 Å². The highest BCUT2D eigenvalue weighted by Gasteiger charge is 2.33. The Bertz CT molecular complexity index is 814. The predicted molar refractivity (Wildman–Crippen MR) is 97.3 cm³/mol. The van der Waals surface area contributed by atoms with Gasteiger partial charge in [-0.3, -0.25) is 14.5 Å². The van der Waals surface area contributed by atoms with E-state index in [1.807, 2.05) is 10.9 Å². The van der Waals surface area contributed by atoms with Crippen molar-refractivity contribution in [2.45, 2.75) is 18.6 Å². The van der Waals surface area contributed by atoms with E-state index in [1.165, 1.54) is 11.1 Å². The summed E-state index contributed by atoms with van der Waals surface area (Å²) in [7, 11) is 0. The van der Waals surface area contributed by atoms with Gasteiger partial charge in [-0.2, -0.15) is 5.10 Å². The van der Waals surface area contributed by atoms with Gasteiger partial charge in [-0.1, -0.05) is 24.3 Å². The molecular formula is C19H23N5O2. The van der Waals surface area contributed by atoms with Crippen molar-refractivity contribution in [2.24, 2.45) is 0 Å². The number of nitrogens with zero attached hydrogens (tertiary/aromatic N) is 4. The Hall–Kier alpha value is -2.38. The van der Waals surface area contributed by atoms with E-state index in [4.69, 9.17) is 4.74 Å². The summed E-state index contributed by atoms with van der Waals surface area (Å²) in [5.74, 6) is 0. The van der Waals surface area contributed by atoms with Crippen LogP contribution in [0.2, 0.25) is 0 Å². The largest absolute Gasteiger partial charge is 0.372 e. The van der Waals surface area contributed by atoms with E-state index in [1.54, 1.807) is 11.1 Å². The minimum atomic E-state index is -0.0344. The first-order chi connectivity index (χ1) is 12.8. The first-order valence-electron chi connectivity index (χ1n) is 9.29. The number of ether oxygens (including phenoxy) is 1. The van der Waals surface area contributed by atoms with Gasteiger partial charge in [-0.05, 0) is 17.5 Å². The van der Waals surface area contributed by atoms with Gasteiger partial charge in [-0.25, -0.2) is 4.79 Å². The quantitative estimate of drug-likeness (QED) is 0.907. The summed E-state index contributed by atoms with van der Waals surface area (Å²) in [6.45, 7) is 5.07. The average Bonchev–Trinajstić information content (AvgIpc) is 3.26. The zero-order valence-electron chi connectivity index (χ0n) is 14.7. The molecule has 1 aromatic carbocycles. The highest BCUT2D eigenvalue weighted by atomic mass is 16.5. The zero-order valence-corrected chi connectivity index (χ0v) is 14.7. The number of anilines is 1. The molecule has 0 bridgehead atoms. The minimum Gasteiger partial charge on any atom is -0.372 e. The number of rotatable bonds is 4. The van der Waals surface area contributed by atoms with Crippen molar-refractivity contribution >= 4 is 11.7 Å². The van der Waals surface area contributed by atoms with Gasteiger partial charge in [-0.15, -0.1) is 0 Å². The molecule has 2 amide bonds. The molecule has 0 spiro atoms. The number of hydrogen-bond acceptors (Lipinski definition) is 4. The number of aromatic nitrogens is 2. The number of amides is 2. The van der Waals surface area contributed by atoms with Gasteiger partial charge >= 0.3 is 6.03 Å². The summed E-state index contributed by atoms with van der Waals surface area (Å²) < 4.78 is 8.01. The van der Waals surface area contributed by atoms with E-state index >= 15 is 0 Å². The number of carbonyl (C=O) groups excluding carboxylic acids is 1. The van der Waals surface area contributed by atoms with Crippen LogP contribution in [0.25, 0.3) is 0 Å². The third-order valence-electron chi connectivity index (χ3n) is 5.58. The second-order valence-corrected chi connectivity index (χ2v) is 7.24. The third kappa shape index (κ3) is 2.77. The van der Waals surface area contributed by atoms with E-state index in [9.17, 15) is 4.79 Å². The molecule has 1 N–H and O–H groups in total. The Balaban J connectivity index is 1.20. The van der Waals surface area contributed by atoms with E-state index in [2.05, 4.69) is 39.6 Å². The monoisotopic (exact) mass is 353 g/mol. The maximum absolute atomic E-state index is 11.8. The predicted octanol–water partition coefficient (Wildman–Crippen LogP) is 1.58. The summed E-state index contributed by atoms with van der Waals surface area (Å²) in [6.07, 6.45) is 4.95. The highest BCUT2D eigenvalue weighted by molar-refractivity contribution is 5.93. The number of benzene rings is 1. The van der Waals surface area contributed by atoms with Crippen molar-refractivity contribution in [3.05, 3.63) is 47.8 Å². The molecule has 7 heteroatoms. The van der Waals surface area contributed by atoms with Crippen molar-refractivity contribution in [2.75, 3.05) is 44.2 Å². The van der Waals surface area contributed by atoms with Crippen LogP contribution < -0.4 is 10.2 Å². The van der Waals surface area contributed by atoms with E-state index in [0.29, 0.717) is 19.1 Å². The second kappa shape index (κ2) is 6.41. The molecule has 3 aliphatic rings. The van der Waals surface area contributed by atoms with Gasteiger partial charge in [0.2, 0.25) is 0 Å². The molecule has 0 aliphatic carbocycles. The molecule has 1 aromatic heterocycles. The summed E-state index contributed by atoms with van der Waals surface area (Å²) >= 11 is 0. The first kappa shape index (κ1) is 15.8. The Morgan fingerprint density at radius 1 is 1.27 bits per heavy atom. The second-order valence-electron chi connectivity index (χ2n) is 7.24. The van der Waals surface area contributed by atoms with E-state index in [0.717, 1.165) is 38.3 Å². The van der Waals surface area contributed by atoms with Crippen LogP contribution in [0, 0.1) is 0 Å². The van der Waals surface area contributed by atoms with E-state index in [-0.39, 0.29) is 12.1 Å². The van der Waals surface area contributed by atoms with Gasteiger partial charge in [0, 0.05) is 38.9 Å². The fourth-order valence-corrected chi connectivity index (χ4v) is 4.11. The molecule has 136 valence electrons. The Morgan fingerprint density at radius 2 is 2.15 bits per heavy atom. The molecule has 2 aromatic rings. The standard InChI is InChI=1S/C19H23N5O2/c25-19-20-6-7-23(19)15-9-21-24(12-15)16-10-22(11-16)13-18-17-4-2-1-3-14(17)5-8-26-18/h1-4,9,12,16,18H,5-8,10-11,13H2,(H,20,25). The van der Waals surface area contributed by atoms with Gasteiger partial charge < -0.3 is 10.1 Å². The lowest BCUT2D eigenvalue weighted by atomic mass is 9.96. The van der Waals surface area contributed by atoms with Gasteiger partial charge in [0.15, 0.2) is 0 Å². The fraction of sp³-hybridized carbons (Fsp3) is 0.474. The molecular weight excluding hydrogens is 330 g/mol. The SMILES string of the molecule is O=C1NCCN1c1cnn(C2CN(CC3OCCc4ccccc43)C2)c1. The molecule has 7 nitrogen and oxygen atoms in total. The van der Waals surface area contributed by atoms with Crippen LogP contribution in [0.4, 0.5) is 10.5 Å². The normalized spacial score (nSPS) is 23.6. The lowest BCUT2D eigenvalue weighted by Crippen LogP contribution is -2.49. The average molecular weight is 353 g/mol. The third-order valence-corrected chi connectivity index (χ3v) is 5.58. The number of fused-ring (bicyclic) bond motifs is 1. The molecule has 1 unspecified atom stereocenters. The van der Waals surface area contributed by atoms with Crippen LogP contribution in [0.15, 0.2) is 36.7 Å². The molecule has 5 rings (SSSR count). The van der Waals surface area contributed by atoms with Gasteiger partial charge in [0.05, 0.1) is 30.6 Å². The fourth-order valence-electron chi connectivity index (χ4n) is 4.11. The molecule has 1 atom stereocenters. The molecule has 2 saturated heterocycles. The summed E-state index contributed by atoms with van der Waals surface area (Å²) in [6, 6.07) is 8.94. The molecule has 3 aliphatic heterocycles.